The lowest BCUT2D eigenvalue weighted by molar-refractivity contribution is 0.199. The molecule has 0 aliphatic carbocycles. The van der Waals surface area contributed by atoms with Gasteiger partial charge in [0.05, 0.1) is 11.8 Å². The standard InChI is InChI=1S/C14H22BrNO2/c1-10(2)16(7-4-8-17)14-6-5-12(11(3)18)9-13(14)15/h5-6,9-11,17-18H,4,7-8H2,1-3H3/t11-/m0/s1. The van der Waals surface area contributed by atoms with Crippen molar-refractivity contribution in [2.75, 3.05) is 18.1 Å². The Kier molecular flexibility index (Phi) is 6.12. The van der Waals surface area contributed by atoms with Crippen molar-refractivity contribution in [1.82, 2.24) is 0 Å². The molecule has 0 amide bonds. The van der Waals surface area contributed by atoms with Crippen LogP contribution in [0.1, 0.15) is 38.9 Å². The van der Waals surface area contributed by atoms with Gasteiger partial charge in [-0.3, -0.25) is 0 Å². The summed E-state index contributed by atoms with van der Waals surface area (Å²) >= 11 is 3.56. The third kappa shape index (κ3) is 3.97. The second-order valence-electron chi connectivity index (χ2n) is 4.75. The SMILES string of the molecule is CC(C)N(CCCO)c1ccc([C@H](C)O)cc1Br. The zero-order chi connectivity index (χ0) is 13.7. The highest BCUT2D eigenvalue weighted by Crippen LogP contribution is 2.30. The van der Waals surface area contributed by atoms with Crippen molar-refractivity contribution in [3.8, 4) is 0 Å². The van der Waals surface area contributed by atoms with E-state index in [1.165, 1.54) is 0 Å². The van der Waals surface area contributed by atoms with Gasteiger partial charge in [0.25, 0.3) is 0 Å². The molecular weight excluding hydrogens is 294 g/mol. The highest BCUT2D eigenvalue weighted by atomic mass is 79.9. The van der Waals surface area contributed by atoms with Gasteiger partial charge in [0, 0.05) is 23.7 Å². The summed E-state index contributed by atoms with van der Waals surface area (Å²) in [6, 6.07) is 6.28. The molecule has 1 atom stereocenters. The van der Waals surface area contributed by atoms with E-state index in [1.54, 1.807) is 6.92 Å². The first-order valence-corrected chi connectivity index (χ1v) is 7.11. The first kappa shape index (κ1) is 15.5. The van der Waals surface area contributed by atoms with Crippen molar-refractivity contribution in [2.24, 2.45) is 0 Å². The van der Waals surface area contributed by atoms with Crippen LogP contribution in [0.5, 0.6) is 0 Å². The lowest BCUT2D eigenvalue weighted by Crippen LogP contribution is -2.32. The molecular formula is C14H22BrNO2. The van der Waals surface area contributed by atoms with Crippen LogP contribution >= 0.6 is 15.9 Å². The van der Waals surface area contributed by atoms with Crippen LogP contribution in [-0.4, -0.2) is 29.4 Å². The minimum absolute atomic E-state index is 0.201. The van der Waals surface area contributed by atoms with Crippen molar-refractivity contribution < 1.29 is 10.2 Å². The average Bonchev–Trinajstić information content (AvgIpc) is 2.30. The minimum Gasteiger partial charge on any atom is -0.396 e. The fourth-order valence-corrected chi connectivity index (χ4v) is 2.54. The zero-order valence-corrected chi connectivity index (χ0v) is 12.8. The zero-order valence-electron chi connectivity index (χ0n) is 11.2. The molecule has 0 unspecified atom stereocenters. The Morgan fingerprint density at radius 1 is 1.28 bits per heavy atom. The molecule has 1 rings (SSSR count). The summed E-state index contributed by atoms with van der Waals surface area (Å²) in [7, 11) is 0. The second-order valence-corrected chi connectivity index (χ2v) is 5.61. The maximum absolute atomic E-state index is 9.56. The molecule has 0 bridgehead atoms. The van der Waals surface area contributed by atoms with Crippen molar-refractivity contribution in [3.05, 3.63) is 28.2 Å². The molecule has 0 saturated heterocycles. The maximum Gasteiger partial charge on any atom is 0.0762 e. The number of aliphatic hydroxyl groups excluding tert-OH is 2. The van der Waals surface area contributed by atoms with E-state index in [0.717, 1.165) is 28.7 Å². The number of benzene rings is 1. The minimum atomic E-state index is -0.458. The van der Waals surface area contributed by atoms with E-state index in [9.17, 15) is 5.11 Å². The predicted octanol–water partition coefficient (Wildman–Crippen LogP) is 3.10. The highest BCUT2D eigenvalue weighted by Gasteiger charge is 2.14. The molecule has 1 aromatic rings. The molecule has 0 spiro atoms. The molecule has 0 heterocycles. The van der Waals surface area contributed by atoms with Gasteiger partial charge in [-0.2, -0.15) is 0 Å². The molecule has 0 aliphatic rings. The summed E-state index contributed by atoms with van der Waals surface area (Å²) in [5.74, 6) is 0. The van der Waals surface area contributed by atoms with Gasteiger partial charge < -0.3 is 15.1 Å². The molecule has 0 aromatic heterocycles. The van der Waals surface area contributed by atoms with Gasteiger partial charge in [-0.25, -0.2) is 0 Å². The predicted molar refractivity (Wildman–Crippen MR) is 79.0 cm³/mol. The van der Waals surface area contributed by atoms with Crippen LogP contribution in [0.2, 0.25) is 0 Å². The Morgan fingerprint density at radius 3 is 2.39 bits per heavy atom. The van der Waals surface area contributed by atoms with Crippen molar-refractivity contribution >= 4 is 21.6 Å². The molecule has 1 aromatic carbocycles. The molecule has 18 heavy (non-hydrogen) atoms. The molecule has 0 saturated carbocycles. The summed E-state index contributed by atoms with van der Waals surface area (Å²) in [4.78, 5) is 2.24. The van der Waals surface area contributed by atoms with Gasteiger partial charge in [-0.15, -0.1) is 0 Å². The Hall–Kier alpha value is -0.580. The normalized spacial score (nSPS) is 12.8. The number of anilines is 1. The van der Waals surface area contributed by atoms with Crippen LogP contribution in [0.15, 0.2) is 22.7 Å². The van der Waals surface area contributed by atoms with E-state index in [2.05, 4.69) is 34.7 Å². The van der Waals surface area contributed by atoms with Crippen molar-refractivity contribution in [3.63, 3.8) is 0 Å². The second kappa shape index (κ2) is 7.12. The maximum atomic E-state index is 9.56. The van der Waals surface area contributed by atoms with Gasteiger partial charge in [-0.1, -0.05) is 6.07 Å². The third-order valence-electron chi connectivity index (χ3n) is 2.94. The molecule has 0 radical (unpaired) electrons. The largest absolute Gasteiger partial charge is 0.396 e. The van der Waals surface area contributed by atoms with E-state index < -0.39 is 6.10 Å². The molecule has 3 nitrogen and oxygen atoms in total. The smallest absolute Gasteiger partial charge is 0.0762 e. The highest BCUT2D eigenvalue weighted by molar-refractivity contribution is 9.10. The van der Waals surface area contributed by atoms with E-state index >= 15 is 0 Å². The third-order valence-corrected chi connectivity index (χ3v) is 3.58. The van der Waals surface area contributed by atoms with Crippen LogP contribution in [0.4, 0.5) is 5.69 Å². The van der Waals surface area contributed by atoms with E-state index in [-0.39, 0.29) is 6.61 Å². The number of hydrogen-bond donors (Lipinski definition) is 2. The Bertz CT molecular complexity index is 380. The fourth-order valence-electron chi connectivity index (χ4n) is 1.91. The topological polar surface area (TPSA) is 43.7 Å². The number of aliphatic hydroxyl groups is 2. The summed E-state index contributed by atoms with van der Waals surface area (Å²) in [6.45, 7) is 7.04. The summed E-state index contributed by atoms with van der Waals surface area (Å²) in [5.41, 5.74) is 2.00. The van der Waals surface area contributed by atoms with Crippen molar-refractivity contribution in [2.45, 2.75) is 39.3 Å². The van der Waals surface area contributed by atoms with E-state index in [0.29, 0.717) is 6.04 Å². The monoisotopic (exact) mass is 315 g/mol. The number of hydrogen-bond acceptors (Lipinski definition) is 3. The number of nitrogens with zero attached hydrogens (tertiary/aromatic N) is 1. The Morgan fingerprint density at radius 2 is 1.94 bits per heavy atom. The van der Waals surface area contributed by atoms with Crippen LogP contribution < -0.4 is 4.90 Å². The van der Waals surface area contributed by atoms with Crippen LogP contribution in [0.25, 0.3) is 0 Å². The number of halogens is 1. The summed E-state index contributed by atoms with van der Waals surface area (Å²) in [5, 5.41) is 18.5. The molecule has 0 fully saturated rings. The van der Waals surface area contributed by atoms with Crippen LogP contribution in [-0.2, 0) is 0 Å². The summed E-state index contributed by atoms with van der Waals surface area (Å²) in [6.07, 6.45) is 0.295. The fraction of sp³-hybridized carbons (Fsp3) is 0.571. The Balaban J connectivity index is 2.98. The summed E-state index contributed by atoms with van der Waals surface area (Å²) < 4.78 is 0.979. The quantitative estimate of drug-likeness (QED) is 0.847. The van der Waals surface area contributed by atoms with Crippen LogP contribution in [0.3, 0.4) is 0 Å². The lowest BCUT2D eigenvalue weighted by Gasteiger charge is -2.30. The molecule has 2 N–H and O–H groups in total. The molecule has 0 aliphatic heterocycles. The van der Waals surface area contributed by atoms with Gasteiger partial charge in [0.2, 0.25) is 0 Å². The van der Waals surface area contributed by atoms with E-state index in [4.69, 9.17) is 5.11 Å². The van der Waals surface area contributed by atoms with Gasteiger partial charge >= 0.3 is 0 Å². The number of rotatable bonds is 6. The van der Waals surface area contributed by atoms with Gasteiger partial charge in [0.15, 0.2) is 0 Å². The van der Waals surface area contributed by atoms with E-state index in [1.807, 2.05) is 18.2 Å². The Labute approximate surface area is 118 Å². The van der Waals surface area contributed by atoms with Crippen molar-refractivity contribution in [1.29, 1.82) is 0 Å². The molecule has 4 heteroatoms. The lowest BCUT2D eigenvalue weighted by atomic mass is 10.1. The van der Waals surface area contributed by atoms with Gasteiger partial charge in [-0.05, 0) is 60.8 Å². The van der Waals surface area contributed by atoms with Gasteiger partial charge in [0.1, 0.15) is 0 Å². The average molecular weight is 316 g/mol. The first-order valence-electron chi connectivity index (χ1n) is 6.32. The molecule has 102 valence electrons. The first-order chi connectivity index (χ1) is 8.47. The van der Waals surface area contributed by atoms with Crippen LogP contribution in [0, 0.1) is 0 Å².